The Morgan fingerprint density at radius 1 is 1.12 bits per heavy atom. The summed E-state index contributed by atoms with van der Waals surface area (Å²) in [4.78, 5) is 32.6. The van der Waals surface area contributed by atoms with E-state index in [0.717, 1.165) is 23.8 Å². The third-order valence-electron chi connectivity index (χ3n) is 4.69. The molecule has 136 valence electrons. The van der Waals surface area contributed by atoms with Crippen molar-refractivity contribution in [2.75, 3.05) is 31.1 Å². The van der Waals surface area contributed by atoms with Crippen LogP contribution in [-0.2, 0) is 4.79 Å². The molecule has 0 bridgehead atoms. The van der Waals surface area contributed by atoms with Crippen LogP contribution in [0.2, 0.25) is 5.02 Å². The fourth-order valence-electron chi connectivity index (χ4n) is 3.17. The van der Waals surface area contributed by atoms with Crippen LogP contribution in [0.5, 0.6) is 0 Å². The number of halogens is 1. The molecule has 1 aromatic carbocycles. The molecule has 0 unspecified atom stereocenters. The van der Waals surface area contributed by atoms with E-state index in [2.05, 4.69) is 16.8 Å². The summed E-state index contributed by atoms with van der Waals surface area (Å²) in [6.07, 6.45) is 3.63. The highest BCUT2D eigenvalue weighted by Gasteiger charge is 2.22. The van der Waals surface area contributed by atoms with Gasteiger partial charge in [0.1, 0.15) is 0 Å². The van der Waals surface area contributed by atoms with E-state index in [1.165, 1.54) is 5.56 Å². The van der Waals surface area contributed by atoms with Crippen molar-refractivity contribution in [3.63, 3.8) is 0 Å². The number of hydrogen-bond acceptors (Lipinski definition) is 4. The molecule has 1 amide bonds. The first-order chi connectivity index (χ1) is 12.5. The second-order valence-electron chi connectivity index (χ2n) is 6.46. The van der Waals surface area contributed by atoms with Gasteiger partial charge in [0, 0.05) is 67.7 Å². The number of amides is 1. The van der Waals surface area contributed by atoms with E-state index in [1.807, 2.05) is 23.1 Å². The smallest absolute Gasteiger partial charge is 0.223 e. The van der Waals surface area contributed by atoms with Gasteiger partial charge in [-0.2, -0.15) is 0 Å². The summed E-state index contributed by atoms with van der Waals surface area (Å²) in [5.41, 5.74) is 2.86. The molecule has 1 fully saturated rings. The highest BCUT2D eigenvalue weighted by Crippen LogP contribution is 2.25. The number of carbonyl (C=O) groups is 2. The molecule has 1 saturated heterocycles. The highest BCUT2D eigenvalue weighted by atomic mass is 35.5. The van der Waals surface area contributed by atoms with E-state index >= 15 is 0 Å². The summed E-state index contributed by atoms with van der Waals surface area (Å²) in [5, 5.41) is 0.720. The number of nitrogens with zero attached hydrogens (tertiary/aromatic N) is 3. The van der Waals surface area contributed by atoms with E-state index in [1.54, 1.807) is 24.5 Å². The van der Waals surface area contributed by atoms with Gasteiger partial charge in [-0.05, 0) is 36.8 Å². The maximum absolute atomic E-state index is 12.4. The van der Waals surface area contributed by atoms with Crippen molar-refractivity contribution >= 4 is 29.0 Å². The maximum Gasteiger partial charge on any atom is 0.223 e. The topological polar surface area (TPSA) is 53.5 Å². The Morgan fingerprint density at radius 3 is 2.58 bits per heavy atom. The number of ketones is 1. The van der Waals surface area contributed by atoms with Gasteiger partial charge in [-0.1, -0.05) is 17.7 Å². The SMILES string of the molecule is Cc1ccc(Cl)cc1N1CCN(C(=O)CCC(=O)c2cccnc2)CC1. The van der Waals surface area contributed by atoms with Crippen LogP contribution in [0.15, 0.2) is 42.7 Å². The number of carbonyl (C=O) groups excluding carboxylic acids is 2. The Labute approximate surface area is 158 Å². The van der Waals surface area contributed by atoms with Gasteiger partial charge in [-0.3, -0.25) is 14.6 Å². The zero-order valence-electron chi connectivity index (χ0n) is 14.8. The lowest BCUT2D eigenvalue weighted by Crippen LogP contribution is -2.49. The van der Waals surface area contributed by atoms with Gasteiger partial charge < -0.3 is 9.80 Å². The summed E-state index contributed by atoms with van der Waals surface area (Å²) in [5.74, 6) is -0.00987. The molecule has 3 rings (SSSR count). The first-order valence-electron chi connectivity index (χ1n) is 8.76. The van der Waals surface area contributed by atoms with Gasteiger partial charge in [0.2, 0.25) is 5.91 Å². The lowest BCUT2D eigenvalue weighted by molar-refractivity contribution is -0.131. The van der Waals surface area contributed by atoms with Gasteiger partial charge in [0.05, 0.1) is 0 Å². The fourth-order valence-corrected chi connectivity index (χ4v) is 3.34. The van der Waals surface area contributed by atoms with Crippen LogP contribution in [0, 0.1) is 6.92 Å². The van der Waals surface area contributed by atoms with Crippen molar-refractivity contribution in [2.45, 2.75) is 19.8 Å². The molecule has 0 radical (unpaired) electrons. The zero-order chi connectivity index (χ0) is 18.5. The van der Waals surface area contributed by atoms with Crippen LogP contribution in [-0.4, -0.2) is 47.8 Å². The Bertz CT molecular complexity index is 787. The molecule has 6 heteroatoms. The number of aryl methyl sites for hydroxylation is 1. The van der Waals surface area contributed by atoms with Crippen molar-refractivity contribution < 1.29 is 9.59 Å². The van der Waals surface area contributed by atoms with Gasteiger partial charge >= 0.3 is 0 Å². The predicted octanol–water partition coefficient (Wildman–Crippen LogP) is 3.36. The maximum atomic E-state index is 12.4. The van der Waals surface area contributed by atoms with Gasteiger partial charge in [-0.25, -0.2) is 0 Å². The molecule has 26 heavy (non-hydrogen) atoms. The summed E-state index contributed by atoms with van der Waals surface area (Å²) in [7, 11) is 0. The van der Waals surface area contributed by atoms with Crippen molar-refractivity contribution in [1.82, 2.24) is 9.88 Å². The second-order valence-corrected chi connectivity index (χ2v) is 6.90. The average molecular weight is 372 g/mol. The molecule has 0 spiro atoms. The monoisotopic (exact) mass is 371 g/mol. The number of benzene rings is 1. The second kappa shape index (κ2) is 8.32. The molecule has 1 aromatic heterocycles. The van der Waals surface area contributed by atoms with E-state index in [-0.39, 0.29) is 24.5 Å². The van der Waals surface area contributed by atoms with Crippen molar-refractivity contribution in [3.05, 3.63) is 58.9 Å². The minimum absolute atomic E-state index is 0.0321. The van der Waals surface area contributed by atoms with Crippen molar-refractivity contribution in [2.24, 2.45) is 0 Å². The van der Waals surface area contributed by atoms with Crippen LogP contribution in [0.1, 0.15) is 28.8 Å². The van der Waals surface area contributed by atoms with Crippen LogP contribution in [0.4, 0.5) is 5.69 Å². The Balaban J connectivity index is 1.51. The highest BCUT2D eigenvalue weighted by molar-refractivity contribution is 6.30. The third kappa shape index (κ3) is 4.41. The number of aromatic nitrogens is 1. The summed E-state index contributed by atoms with van der Waals surface area (Å²) in [6, 6.07) is 9.33. The molecule has 0 saturated carbocycles. The van der Waals surface area contributed by atoms with Crippen LogP contribution < -0.4 is 4.90 Å². The Morgan fingerprint density at radius 2 is 1.88 bits per heavy atom. The molecule has 1 aliphatic rings. The number of Topliss-reactive ketones (excluding diaryl/α,β-unsaturated/α-hetero) is 1. The van der Waals surface area contributed by atoms with Crippen molar-refractivity contribution in [3.8, 4) is 0 Å². The average Bonchev–Trinajstić information content (AvgIpc) is 2.68. The molecular formula is C20H22ClN3O2. The number of anilines is 1. The Kier molecular flexibility index (Phi) is 5.89. The van der Waals surface area contributed by atoms with E-state index < -0.39 is 0 Å². The lowest BCUT2D eigenvalue weighted by atomic mass is 10.1. The van der Waals surface area contributed by atoms with Crippen LogP contribution >= 0.6 is 11.6 Å². The predicted molar refractivity (Wildman–Crippen MR) is 103 cm³/mol. The molecule has 0 atom stereocenters. The number of pyridine rings is 1. The van der Waals surface area contributed by atoms with Crippen LogP contribution in [0.25, 0.3) is 0 Å². The largest absolute Gasteiger partial charge is 0.368 e. The third-order valence-corrected chi connectivity index (χ3v) is 4.93. The fraction of sp³-hybridized carbons (Fsp3) is 0.350. The minimum Gasteiger partial charge on any atom is -0.368 e. The first kappa shape index (κ1) is 18.4. The standard InChI is InChI=1S/C20H22ClN3O2/c1-15-4-5-17(21)13-18(15)23-9-11-24(12-10-23)20(26)7-6-19(25)16-3-2-8-22-14-16/h2-5,8,13-14H,6-7,9-12H2,1H3. The molecule has 2 heterocycles. The van der Waals surface area contributed by atoms with E-state index in [0.29, 0.717) is 18.7 Å². The molecular weight excluding hydrogens is 350 g/mol. The number of rotatable bonds is 5. The minimum atomic E-state index is -0.0420. The molecule has 2 aromatic rings. The first-order valence-corrected chi connectivity index (χ1v) is 9.14. The molecule has 0 aliphatic carbocycles. The van der Waals surface area contributed by atoms with E-state index in [4.69, 9.17) is 11.6 Å². The Hall–Kier alpha value is -2.40. The zero-order valence-corrected chi connectivity index (χ0v) is 15.6. The molecule has 5 nitrogen and oxygen atoms in total. The van der Waals surface area contributed by atoms with Gasteiger partial charge in [0.15, 0.2) is 5.78 Å². The molecule has 0 N–H and O–H groups in total. The number of piperazine rings is 1. The molecule has 1 aliphatic heterocycles. The summed E-state index contributed by atoms with van der Waals surface area (Å²) >= 11 is 6.11. The number of hydrogen-bond donors (Lipinski definition) is 0. The van der Waals surface area contributed by atoms with Gasteiger partial charge in [0.25, 0.3) is 0 Å². The van der Waals surface area contributed by atoms with E-state index in [9.17, 15) is 9.59 Å². The quantitative estimate of drug-likeness (QED) is 0.756. The summed E-state index contributed by atoms with van der Waals surface area (Å²) in [6.45, 7) is 4.91. The summed E-state index contributed by atoms with van der Waals surface area (Å²) < 4.78 is 0. The van der Waals surface area contributed by atoms with Crippen molar-refractivity contribution in [1.29, 1.82) is 0 Å². The van der Waals surface area contributed by atoms with Crippen LogP contribution in [0.3, 0.4) is 0 Å². The lowest BCUT2D eigenvalue weighted by Gasteiger charge is -2.37. The van der Waals surface area contributed by atoms with Gasteiger partial charge in [-0.15, -0.1) is 0 Å². The normalized spacial score (nSPS) is 14.4.